The number of piperazine rings is 1. The fourth-order valence-corrected chi connectivity index (χ4v) is 3.74. The highest BCUT2D eigenvalue weighted by atomic mass is 16.5. The number of carboxylic acid groups (broad SMARTS) is 1. The summed E-state index contributed by atoms with van der Waals surface area (Å²) in [5.74, 6) is -1.16. The Morgan fingerprint density at radius 2 is 1.57 bits per heavy atom. The average molecular weight is 484 g/mol. The first-order chi connectivity index (χ1) is 16.9. The molecule has 186 valence electrons. The van der Waals surface area contributed by atoms with Crippen molar-refractivity contribution in [1.82, 2.24) is 15.1 Å². The van der Waals surface area contributed by atoms with Gasteiger partial charge in [-0.1, -0.05) is 42.5 Å². The molecule has 3 amide bonds. The van der Waals surface area contributed by atoms with Gasteiger partial charge in [-0.25, -0.2) is 9.59 Å². The Kier molecular flexibility index (Phi) is 9.05. The van der Waals surface area contributed by atoms with E-state index in [0.717, 1.165) is 5.56 Å². The fraction of sp³-hybridized carbons (Fsp3) is 0.360. The van der Waals surface area contributed by atoms with Gasteiger partial charge in [0.1, 0.15) is 18.4 Å². The van der Waals surface area contributed by atoms with Gasteiger partial charge < -0.3 is 29.7 Å². The van der Waals surface area contributed by atoms with Crippen LogP contribution in [0.1, 0.15) is 28.8 Å². The molecule has 10 nitrogen and oxygen atoms in total. The smallest absolute Gasteiger partial charge is 0.408 e. The molecule has 0 radical (unpaired) electrons. The SMILES string of the molecule is COc1ccccc1C(=O)N1CCN(C(=O)CC[C@H](NC(=O)OCc2ccccc2)C(=O)O)CC1. The van der Waals surface area contributed by atoms with Crippen LogP contribution in [-0.4, -0.2) is 78.1 Å². The first-order valence-corrected chi connectivity index (χ1v) is 11.3. The number of amides is 3. The largest absolute Gasteiger partial charge is 0.496 e. The van der Waals surface area contributed by atoms with Crippen LogP contribution >= 0.6 is 0 Å². The maximum atomic E-state index is 12.8. The number of nitrogens with zero attached hydrogens (tertiary/aromatic N) is 2. The predicted molar refractivity (Wildman–Crippen MR) is 126 cm³/mol. The number of hydrogen-bond acceptors (Lipinski definition) is 6. The van der Waals surface area contributed by atoms with Crippen molar-refractivity contribution in [2.24, 2.45) is 0 Å². The van der Waals surface area contributed by atoms with Crippen molar-refractivity contribution in [3.63, 3.8) is 0 Å². The number of ether oxygens (including phenoxy) is 2. The van der Waals surface area contributed by atoms with Crippen molar-refractivity contribution < 1.29 is 33.8 Å². The fourth-order valence-electron chi connectivity index (χ4n) is 3.74. The summed E-state index contributed by atoms with van der Waals surface area (Å²) in [5.41, 5.74) is 1.23. The van der Waals surface area contributed by atoms with Crippen molar-refractivity contribution in [2.75, 3.05) is 33.3 Å². The van der Waals surface area contributed by atoms with Gasteiger partial charge in [-0.15, -0.1) is 0 Å². The number of benzene rings is 2. The van der Waals surface area contributed by atoms with Crippen LogP contribution in [0.2, 0.25) is 0 Å². The van der Waals surface area contributed by atoms with Crippen molar-refractivity contribution in [3.8, 4) is 5.75 Å². The molecule has 0 bridgehead atoms. The number of rotatable bonds is 9. The Balaban J connectivity index is 1.44. The molecule has 1 atom stereocenters. The lowest BCUT2D eigenvalue weighted by atomic mass is 10.1. The molecule has 0 unspecified atom stereocenters. The number of aliphatic carboxylic acids is 1. The number of alkyl carbamates (subject to hydrolysis) is 1. The van der Waals surface area contributed by atoms with E-state index in [-0.39, 0.29) is 31.3 Å². The third-order valence-corrected chi connectivity index (χ3v) is 5.71. The van der Waals surface area contributed by atoms with Crippen LogP contribution in [-0.2, 0) is 20.9 Å². The van der Waals surface area contributed by atoms with E-state index in [1.54, 1.807) is 58.3 Å². The molecule has 0 spiro atoms. The summed E-state index contributed by atoms with van der Waals surface area (Å²) < 4.78 is 10.3. The molecule has 1 aliphatic rings. The molecule has 2 N–H and O–H groups in total. The molecular formula is C25H29N3O7. The molecule has 1 fully saturated rings. The summed E-state index contributed by atoms with van der Waals surface area (Å²) in [7, 11) is 1.50. The number of methoxy groups -OCH3 is 1. The van der Waals surface area contributed by atoms with E-state index >= 15 is 0 Å². The Bertz CT molecular complexity index is 1040. The third-order valence-electron chi connectivity index (χ3n) is 5.71. The van der Waals surface area contributed by atoms with Crippen LogP contribution < -0.4 is 10.1 Å². The monoisotopic (exact) mass is 483 g/mol. The van der Waals surface area contributed by atoms with Gasteiger partial charge in [0.15, 0.2) is 0 Å². The molecule has 1 aliphatic heterocycles. The van der Waals surface area contributed by atoms with Crippen LogP contribution in [0, 0.1) is 0 Å². The molecule has 0 aliphatic carbocycles. The highest BCUT2D eigenvalue weighted by Gasteiger charge is 2.28. The molecule has 0 saturated carbocycles. The number of nitrogens with one attached hydrogen (secondary N) is 1. The minimum atomic E-state index is -1.25. The van der Waals surface area contributed by atoms with Crippen LogP contribution in [0.3, 0.4) is 0 Å². The van der Waals surface area contributed by atoms with E-state index in [9.17, 15) is 24.3 Å². The molecule has 10 heteroatoms. The number of para-hydroxylation sites is 1. The van der Waals surface area contributed by atoms with Crippen molar-refractivity contribution >= 4 is 23.9 Å². The second-order valence-electron chi connectivity index (χ2n) is 8.01. The average Bonchev–Trinajstić information content (AvgIpc) is 2.89. The molecule has 0 aromatic heterocycles. The molecule has 1 heterocycles. The zero-order valence-electron chi connectivity index (χ0n) is 19.5. The van der Waals surface area contributed by atoms with Crippen LogP contribution in [0.15, 0.2) is 54.6 Å². The number of carbonyl (C=O) groups is 4. The second-order valence-corrected chi connectivity index (χ2v) is 8.01. The lowest BCUT2D eigenvalue weighted by Gasteiger charge is -2.35. The van der Waals surface area contributed by atoms with E-state index in [1.165, 1.54) is 7.11 Å². The van der Waals surface area contributed by atoms with E-state index in [4.69, 9.17) is 9.47 Å². The first kappa shape index (κ1) is 25.5. The summed E-state index contributed by atoms with van der Waals surface area (Å²) in [4.78, 5) is 52.3. The first-order valence-electron chi connectivity index (χ1n) is 11.3. The molecule has 1 saturated heterocycles. The Labute approximate surface area is 203 Å². The number of carboxylic acids is 1. The molecule has 2 aromatic rings. The van der Waals surface area contributed by atoms with Gasteiger partial charge in [0.25, 0.3) is 5.91 Å². The van der Waals surface area contributed by atoms with Gasteiger partial charge in [0.05, 0.1) is 12.7 Å². The van der Waals surface area contributed by atoms with Crippen LogP contribution in [0.5, 0.6) is 5.75 Å². The summed E-state index contributed by atoms with van der Waals surface area (Å²) in [6, 6.07) is 14.7. The molecule has 2 aromatic carbocycles. The minimum absolute atomic E-state index is 0.00972. The van der Waals surface area contributed by atoms with E-state index in [2.05, 4.69) is 5.32 Å². The quantitative estimate of drug-likeness (QED) is 0.560. The second kappa shape index (κ2) is 12.4. The standard InChI is InChI=1S/C25H29N3O7/c1-34-21-10-6-5-9-19(21)23(30)28-15-13-27(14-16-28)22(29)12-11-20(24(31)32)26-25(33)35-17-18-7-3-2-4-8-18/h2-10,20H,11-17H2,1H3,(H,26,33)(H,31,32)/t20-/m0/s1. The van der Waals surface area contributed by atoms with Crippen molar-refractivity contribution in [2.45, 2.75) is 25.5 Å². The predicted octanol–water partition coefficient (Wildman–Crippen LogP) is 2.14. The zero-order chi connectivity index (χ0) is 25.2. The normalized spacial score (nSPS) is 14.1. The van der Waals surface area contributed by atoms with Crippen LogP contribution in [0.25, 0.3) is 0 Å². The maximum absolute atomic E-state index is 12.8. The number of carbonyl (C=O) groups excluding carboxylic acids is 3. The van der Waals surface area contributed by atoms with Gasteiger partial charge in [-0.3, -0.25) is 9.59 Å². The lowest BCUT2D eigenvalue weighted by Crippen LogP contribution is -2.51. The molecular weight excluding hydrogens is 454 g/mol. The zero-order valence-corrected chi connectivity index (χ0v) is 19.5. The highest BCUT2D eigenvalue weighted by Crippen LogP contribution is 2.20. The summed E-state index contributed by atoms with van der Waals surface area (Å²) in [5, 5.41) is 11.7. The van der Waals surface area contributed by atoms with Gasteiger partial charge in [0, 0.05) is 32.6 Å². The van der Waals surface area contributed by atoms with Crippen molar-refractivity contribution in [1.29, 1.82) is 0 Å². The minimum Gasteiger partial charge on any atom is -0.496 e. The van der Waals surface area contributed by atoms with Gasteiger partial charge >= 0.3 is 12.1 Å². The van der Waals surface area contributed by atoms with Crippen molar-refractivity contribution in [3.05, 3.63) is 65.7 Å². The topological polar surface area (TPSA) is 125 Å². The summed E-state index contributed by atoms with van der Waals surface area (Å²) >= 11 is 0. The van der Waals surface area contributed by atoms with Gasteiger partial charge in [0.2, 0.25) is 5.91 Å². The third kappa shape index (κ3) is 7.20. The maximum Gasteiger partial charge on any atom is 0.408 e. The van der Waals surface area contributed by atoms with Crippen LogP contribution in [0.4, 0.5) is 4.79 Å². The van der Waals surface area contributed by atoms with Gasteiger partial charge in [-0.05, 0) is 24.1 Å². The van der Waals surface area contributed by atoms with E-state index in [0.29, 0.717) is 37.5 Å². The van der Waals surface area contributed by atoms with E-state index in [1.807, 2.05) is 6.07 Å². The highest BCUT2D eigenvalue weighted by molar-refractivity contribution is 5.97. The lowest BCUT2D eigenvalue weighted by molar-refractivity contribution is -0.140. The van der Waals surface area contributed by atoms with Gasteiger partial charge in [-0.2, -0.15) is 0 Å². The summed E-state index contributed by atoms with van der Waals surface area (Å²) in [6.45, 7) is 1.40. The Morgan fingerprint density at radius 3 is 2.23 bits per heavy atom. The Hall–Kier alpha value is -4.08. The molecule has 3 rings (SSSR count). The Morgan fingerprint density at radius 1 is 0.943 bits per heavy atom. The molecule has 35 heavy (non-hydrogen) atoms. The van der Waals surface area contributed by atoms with E-state index < -0.39 is 18.1 Å². The number of hydrogen-bond donors (Lipinski definition) is 2. The summed E-state index contributed by atoms with van der Waals surface area (Å²) in [6.07, 6.45) is -0.997.